The SMILES string of the molecule is O=CC(c1ccc2c(c1)OCCCO2)C1CC1. The molecule has 1 heterocycles. The molecule has 1 aromatic carbocycles. The van der Waals surface area contributed by atoms with Crippen LogP contribution in [0, 0.1) is 5.92 Å². The Bertz CT molecular complexity index is 423. The van der Waals surface area contributed by atoms with Gasteiger partial charge in [0.2, 0.25) is 0 Å². The molecule has 0 spiro atoms. The van der Waals surface area contributed by atoms with E-state index in [0.717, 1.165) is 42.6 Å². The third-order valence-corrected chi connectivity index (χ3v) is 3.43. The summed E-state index contributed by atoms with van der Waals surface area (Å²) in [5.74, 6) is 2.16. The molecule has 2 aliphatic rings. The van der Waals surface area contributed by atoms with Crippen LogP contribution in [-0.4, -0.2) is 19.5 Å². The van der Waals surface area contributed by atoms with Gasteiger partial charge in [-0.25, -0.2) is 0 Å². The number of fused-ring (bicyclic) bond motifs is 1. The smallest absolute Gasteiger partial charge is 0.161 e. The van der Waals surface area contributed by atoms with E-state index in [9.17, 15) is 4.79 Å². The van der Waals surface area contributed by atoms with Crippen molar-refractivity contribution in [3.63, 3.8) is 0 Å². The van der Waals surface area contributed by atoms with E-state index >= 15 is 0 Å². The zero-order chi connectivity index (χ0) is 11.7. The minimum atomic E-state index is 0.0344. The van der Waals surface area contributed by atoms with Crippen LogP contribution >= 0.6 is 0 Å². The highest BCUT2D eigenvalue weighted by molar-refractivity contribution is 5.64. The first kappa shape index (κ1) is 10.6. The van der Waals surface area contributed by atoms with Crippen LogP contribution in [0.1, 0.15) is 30.7 Å². The van der Waals surface area contributed by atoms with Gasteiger partial charge < -0.3 is 14.3 Å². The largest absolute Gasteiger partial charge is 0.490 e. The molecular weight excluding hydrogens is 216 g/mol. The quantitative estimate of drug-likeness (QED) is 0.751. The molecule has 1 saturated carbocycles. The lowest BCUT2D eigenvalue weighted by atomic mass is 9.95. The fraction of sp³-hybridized carbons (Fsp3) is 0.500. The van der Waals surface area contributed by atoms with Gasteiger partial charge in [0.1, 0.15) is 6.29 Å². The van der Waals surface area contributed by atoms with Crippen LogP contribution in [0.2, 0.25) is 0 Å². The molecule has 3 rings (SSSR count). The number of hydrogen-bond donors (Lipinski definition) is 0. The lowest BCUT2D eigenvalue weighted by Crippen LogP contribution is -2.03. The van der Waals surface area contributed by atoms with E-state index in [0.29, 0.717) is 19.1 Å². The average Bonchev–Trinajstić information content (AvgIpc) is 3.15. The molecule has 0 aromatic heterocycles. The maximum atomic E-state index is 11.2. The van der Waals surface area contributed by atoms with Crippen molar-refractivity contribution in [2.45, 2.75) is 25.2 Å². The van der Waals surface area contributed by atoms with E-state index in [2.05, 4.69) is 0 Å². The Kier molecular flexibility index (Phi) is 2.75. The predicted octanol–water partition coefficient (Wildman–Crippen LogP) is 2.54. The van der Waals surface area contributed by atoms with E-state index in [4.69, 9.17) is 9.47 Å². The van der Waals surface area contributed by atoms with Crippen LogP contribution in [0.15, 0.2) is 18.2 Å². The summed E-state index contributed by atoms with van der Waals surface area (Å²) in [4.78, 5) is 11.2. The molecule has 1 aliphatic heterocycles. The second kappa shape index (κ2) is 4.40. The molecule has 1 aliphatic carbocycles. The van der Waals surface area contributed by atoms with Gasteiger partial charge in [0, 0.05) is 12.3 Å². The predicted molar refractivity (Wildman–Crippen MR) is 63.6 cm³/mol. The molecule has 17 heavy (non-hydrogen) atoms. The number of ether oxygens (including phenoxy) is 2. The van der Waals surface area contributed by atoms with Crippen LogP contribution in [0.3, 0.4) is 0 Å². The third kappa shape index (κ3) is 2.14. The zero-order valence-corrected chi connectivity index (χ0v) is 9.72. The maximum Gasteiger partial charge on any atom is 0.161 e. The van der Waals surface area contributed by atoms with E-state index in [-0.39, 0.29) is 5.92 Å². The van der Waals surface area contributed by atoms with Gasteiger partial charge >= 0.3 is 0 Å². The first-order chi connectivity index (χ1) is 8.38. The fourth-order valence-electron chi connectivity index (χ4n) is 2.30. The zero-order valence-electron chi connectivity index (χ0n) is 9.72. The van der Waals surface area contributed by atoms with Crippen molar-refractivity contribution in [2.24, 2.45) is 5.92 Å². The van der Waals surface area contributed by atoms with Gasteiger partial charge in [-0.1, -0.05) is 6.07 Å². The third-order valence-electron chi connectivity index (χ3n) is 3.43. The van der Waals surface area contributed by atoms with Crippen LogP contribution in [-0.2, 0) is 4.79 Å². The van der Waals surface area contributed by atoms with Gasteiger partial charge in [-0.15, -0.1) is 0 Å². The number of hydrogen-bond acceptors (Lipinski definition) is 3. The summed E-state index contributed by atoms with van der Waals surface area (Å²) in [5, 5.41) is 0. The van der Waals surface area contributed by atoms with E-state index in [1.807, 2.05) is 18.2 Å². The first-order valence-electron chi connectivity index (χ1n) is 6.23. The lowest BCUT2D eigenvalue weighted by molar-refractivity contribution is -0.109. The van der Waals surface area contributed by atoms with Crippen LogP contribution in [0.25, 0.3) is 0 Å². The first-order valence-corrected chi connectivity index (χ1v) is 6.23. The lowest BCUT2D eigenvalue weighted by Gasteiger charge is -2.13. The highest BCUT2D eigenvalue weighted by Crippen LogP contribution is 2.43. The standard InChI is InChI=1S/C14H16O3/c15-9-12(10-2-3-10)11-4-5-13-14(8-11)17-7-1-6-16-13/h4-5,8-10,12H,1-3,6-7H2. The number of rotatable bonds is 3. The Morgan fingerprint density at radius 2 is 1.94 bits per heavy atom. The molecule has 90 valence electrons. The van der Waals surface area contributed by atoms with Crippen molar-refractivity contribution >= 4 is 6.29 Å². The Morgan fingerprint density at radius 1 is 1.18 bits per heavy atom. The summed E-state index contributed by atoms with van der Waals surface area (Å²) >= 11 is 0. The molecule has 1 atom stereocenters. The molecule has 0 bridgehead atoms. The van der Waals surface area contributed by atoms with Crippen molar-refractivity contribution in [1.29, 1.82) is 0 Å². The summed E-state index contributed by atoms with van der Waals surface area (Å²) in [5.41, 5.74) is 1.06. The molecule has 3 heteroatoms. The van der Waals surface area contributed by atoms with Crippen molar-refractivity contribution in [2.75, 3.05) is 13.2 Å². The van der Waals surface area contributed by atoms with Crippen LogP contribution < -0.4 is 9.47 Å². The summed E-state index contributed by atoms with van der Waals surface area (Å²) in [6.45, 7) is 1.39. The number of carbonyl (C=O) groups is 1. The Morgan fingerprint density at radius 3 is 2.65 bits per heavy atom. The van der Waals surface area contributed by atoms with Gasteiger partial charge in [-0.2, -0.15) is 0 Å². The van der Waals surface area contributed by atoms with Gasteiger partial charge in [-0.3, -0.25) is 0 Å². The van der Waals surface area contributed by atoms with Gasteiger partial charge in [0.15, 0.2) is 11.5 Å². The molecule has 1 unspecified atom stereocenters. The summed E-state index contributed by atoms with van der Waals surface area (Å²) in [6.07, 6.45) is 4.30. The van der Waals surface area contributed by atoms with Crippen molar-refractivity contribution in [1.82, 2.24) is 0 Å². The number of aldehydes is 1. The van der Waals surface area contributed by atoms with Gasteiger partial charge in [0.05, 0.1) is 13.2 Å². The molecule has 1 fully saturated rings. The Hall–Kier alpha value is -1.51. The van der Waals surface area contributed by atoms with Crippen molar-refractivity contribution in [3.8, 4) is 11.5 Å². The van der Waals surface area contributed by atoms with Gasteiger partial charge in [-0.05, 0) is 36.5 Å². The summed E-state index contributed by atoms with van der Waals surface area (Å²) in [6, 6.07) is 5.89. The molecule has 0 amide bonds. The van der Waals surface area contributed by atoms with Crippen LogP contribution in [0.4, 0.5) is 0 Å². The summed E-state index contributed by atoms with van der Waals surface area (Å²) in [7, 11) is 0. The average molecular weight is 232 g/mol. The van der Waals surface area contributed by atoms with Crippen molar-refractivity contribution in [3.05, 3.63) is 23.8 Å². The second-order valence-electron chi connectivity index (χ2n) is 4.76. The van der Waals surface area contributed by atoms with E-state index in [1.165, 1.54) is 0 Å². The molecule has 0 N–H and O–H groups in total. The van der Waals surface area contributed by atoms with Gasteiger partial charge in [0.25, 0.3) is 0 Å². The fourth-order valence-corrected chi connectivity index (χ4v) is 2.30. The Labute approximate surface area is 101 Å². The second-order valence-corrected chi connectivity index (χ2v) is 4.76. The number of benzene rings is 1. The van der Waals surface area contributed by atoms with E-state index < -0.39 is 0 Å². The van der Waals surface area contributed by atoms with E-state index in [1.54, 1.807) is 0 Å². The molecular formula is C14H16O3. The minimum absolute atomic E-state index is 0.0344. The highest BCUT2D eigenvalue weighted by atomic mass is 16.5. The molecule has 0 saturated heterocycles. The molecule has 0 radical (unpaired) electrons. The Balaban J connectivity index is 1.90. The molecule has 3 nitrogen and oxygen atoms in total. The number of carbonyl (C=O) groups excluding carboxylic acids is 1. The summed E-state index contributed by atoms with van der Waals surface area (Å²) < 4.78 is 11.2. The van der Waals surface area contributed by atoms with Crippen molar-refractivity contribution < 1.29 is 14.3 Å². The topological polar surface area (TPSA) is 35.5 Å². The monoisotopic (exact) mass is 232 g/mol. The highest BCUT2D eigenvalue weighted by Gasteiger charge is 2.32. The minimum Gasteiger partial charge on any atom is -0.490 e. The molecule has 1 aromatic rings. The normalized spacial score (nSPS) is 20.5. The van der Waals surface area contributed by atoms with Crippen LogP contribution in [0.5, 0.6) is 11.5 Å². The maximum absolute atomic E-state index is 11.2.